The molecule has 1 aliphatic rings. The molecule has 1 amide bonds. The maximum Gasteiger partial charge on any atom is 0.337 e. The Hall–Kier alpha value is -3.38. The van der Waals surface area contributed by atoms with Gasteiger partial charge in [0.15, 0.2) is 0 Å². The zero-order valence-corrected chi connectivity index (χ0v) is 18.1. The second kappa shape index (κ2) is 9.40. The van der Waals surface area contributed by atoms with Crippen LogP contribution in [0.25, 0.3) is 0 Å². The summed E-state index contributed by atoms with van der Waals surface area (Å²) in [5, 5.41) is 0.577. The second-order valence-electron chi connectivity index (χ2n) is 7.46. The summed E-state index contributed by atoms with van der Waals surface area (Å²) in [6.45, 7) is 0.453. The number of nitrogens with zero attached hydrogens (tertiary/aromatic N) is 1. The maximum absolute atomic E-state index is 13.2. The largest absolute Gasteiger partial charge is 0.478 e. The number of rotatable bonds is 7. The lowest BCUT2D eigenvalue weighted by Crippen LogP contribution is -2.61. The first-order valence-electron chi connectivity index (χ1n) is 10.1. The molecule has 1 saturated heterocycles. The number of carbonyl (C=O) groups is 2. The predicted molar refractivity (Wildman–Crippen MR) is 118 cm³/mol. The Morgan fingerprint density at radius 3 is 2.28 bits per heavy atom. The fraction of sp³-hybridized carbons (Fsp3) is 0.200. The van der Waals surface area contributed by atoms with Gasteiger partial charge in [-0.2, -0.15) is 0 Å². The Labute approximate surface area is 190 Å². The van der Waals surface area contributed by atoms with Gasteiger partial charge in [0.05, 0.1) is 12.7 Å². The second-order valence-corrected chi connectivity index (χ2v) is 7.90. The Morgan fingerprint density at radius 2 is 1.66 bits per heavy atom. The van der Waals surface area contributed by atoms with Crippen LogP contribution >= 0.6 is 11.6 Å². The van der Waals surface area contributed by atoms with Crippen molar-refractivity contribution in [3.63, 3.8) is 0 Å². The standard InChI is InChI=1S/C25H21ClFNO4/c1-31-25(30)18-6-4-17(5-7-18)22-23(32-21-12-8-19(26)9-13-21)24(29)28(22)15-14-16-2-10-20(27)11-3-16/h2-13,22-23H,14-15H2,1H3/t22-,23-/m0/s1. The number of hydrogen-bond donors (Lipinski definition) is 0. The van der Waals surface area contributed by atoms with Gasteiger partial charge in [-0.1, -0.05) is 35.9 Å². The van der Waals surface area contributed by atoms with Gasteiger partial charge in [-0.25, -0.2) is 9.18 Å². The van der Waals surface area contributed by atoms with Crippen molar-refractivity contribution in [2.75, 3.05) is 13.7 Å². The van der Waals surface area contributed by atoms with Gasteiger partial charge in [0.1, 0.15) is 17.6 Å². The first-order chi connectivity index (χ1) is 15.5. The minimum Gasteiger partial charge on any atom is -0.478 e. The first kappa shape index (κ1) is 21.8. The molecule has 1 fully saturated rings. The Bertz CT molecular complexity index is 1100. The number of halogens is 2. The van der Waals surface area contributed by atoms with E-state index in [0.717, 1.165) is 11.1 Å². The minimum absolute atomic E-state index is 0.135. The molecule has 0 saturated carbocycles. The third kappa shape index (κ3) is 4.60. The smallest absolute Gasteiger partial charge is 0.337 e. The molecule has 7 heteroatoms. The molecule has 0 N–H and O–H groups in total. The van der Waals surface area contributed by atoms with Crippen LogP contribution in [0.2, 0.25) is 5.02 Å². The zero-order valence-electron chi connectivity index (χ0n) is 17.3. The average molecular weight is 454 g/mol. The number of β-lactam (4-membered cyclic amide) rings is 1. The minimum atomic E-state index is -0.701. The van der Waals surface area contributed by atoms with Crippen LogP contribution in [0.1, 0.15) is 27.5 Å². The Kier molecular flexibility index (Phi) is 6.42. The maximum atomic E-state index is 13.2. The lowest BCUT2D eigenvalue weighted by Gasteiger charge is -2.47. The topological polar surface area (TPSA) is 55.8 Å². The molecular weight excluding hydrogens is 433 g/mol. The van der Waals surface area contributed by atoms with Crippen LogP contribution in [0.15, 0.2) is 72.8 Å². The molecule has 0 radical (unpaired) electrons. The van der Waals surface area contributed by atoms with Gasteiger partial charge in [-0.3, -0.25) is 4.79 Å². The van der Waals surface area contributed by atoms with Gasteiger partial charge in [0.2, 0.25) is 6.10 Å². The van der Waals surface area contributed by atoms with E-state index in [1.54, 1.807) is 65.6 Å². The van der Waals surface area contributed by atoms with E-state index >= 15 is 0 Å². The fourth-order valence-electron chi connectivity index (χ4n) is 3.73. The molecule has 0 aromatic heterocycles. The van der Waals surface area contributed by atoms with Crippen molar-refractivity contribution in [3.05, 3.63) is 100 Å². The monoisotopic (exact) mass is 453 g/mol. The quantitative estimate of drug-likeness (QED) is 0.379. The van der Waals surface area contributed by atoms with Crippen molar-refractivity contribution in [1.82, 2.24) is 4.90 Å². The summed E-state index contributed by atoms with van der Waals surface area (Å²) >= 11 is 5.94. The highest BCUT2D eigenvalue weighted by atomic mass is 35.5. The van der Waals surface area contributed by atoms with Crippen molar-refractivity contribution in [2.24, 2.45) is 0 Å². The van der Waals surface area contributed by atoms with E-state index < -0.39 is 12.1 Å². The van der Waals surface area contributed by atoms with Crippen molar-refractivity contribution < 1.29 is 23.5 Å². The molecular formula is C25H21ClFNO4. The van der Waals surface area contributed by atoms with Crippen molar-refractivity contribution in [3.8, 4) is 5.75 Å². The van der Waals surface area contributed by atoms with Crippen molar-refractivity contribution >= 4 is 23.5 Å². The molecule has 1 heterocycles. The van der Waals surface area contributed by atoms with Gasteiger partial charge >= 0.3 is 5.97 Å². The van der Waals surface area contributed by atoms with Crippen LogP contribution in [0.5, 0.6) is 5.75 Å². The van der Waals surface area contributed by atoms with Gasteiger partial charge in [-0.15, -0.1) is 0 Å². The number of ether oxygens (including phenoxy) is 2. The molecule has 164 valence electrons. The number of carbonyl (C=O) groups excluding carboxylic acids is 2. The number of methoxy groups -OCH3 is 1. The van der Waals surface area contributed by atoms with Crippen LogP contribution in [-0.4, -0.2) is 36.5 Å². The molecule has 32 heavy (non-hydrogen) atoms. The van der Waals surface area contributed by atoms with E-state index in [-0.39, 0.29) is 17.8 Å². The molecule has 4 rings (SSSR count). The number of esters is 1. The summed E-state index contributed by atoms with van der Waals surface area (Å²) in [7, 11) is 1.33. The Morgan fingerprint density at radius 1 is 1.00 bits per heavy atom. The normalized spacial score (nSPS) is 17.6. The van der Waals surface area contributed by atoms with E-state index in [0.29, 0.717) is 29.3 Å². The molecule has 0 spiro atoms. The fourth-order valence-corrected chi connectivity index (χ4v) is 3.86. The third-order valence-corrected chi connectivity index (χ3v) is 5.71. The van der Waals surface area contributed by atoms with Gasteiger partial charge < -0.3 is 14.4 Å². The molecule has 3 aromatic rings. The molecule has 0 unspecified atom stereocenters. The lowest BCUT2D eigenvalue weighted by molar-refractivity contribution is -0.164. The van der Waals surface area contributed by atoms with Gasteiger partial charge in [0.25, 0.3) is 5.91 Å². The van der Waals surface area contributed by atoms with Crippen LogP contribution in [0, 0.1) is 5.82 Å². The third-order valence-electron chi connectivity index (χ3n) is 5.45. The predicted octanol–water partition coefficient (Wildman–Crippen LogP) is 4.84. The molecule has 0 aliphatic carbocycles. The SMILES string of the molecule is COC(=O)c1ccc([C@H]2[C@H](Oc3ccc(Cl)cc3)C(=O)N2CCc2ccc(F)cc2)cc1. The van der Waals surface area contributed by atoms with Crippen LogP contribution in [-0.2, 0) is 16.0 Å². The van der Waals surface area contributed by atoms with Gasteiger partial charge in [0, 0.05) is 11.6 Å². The summed E-state index contributed by atoms with van der Waals surface area (Å²) in [4.78, 5) is 26.4. The molecule has 5 nitrogen and oxygen atoms in total. The highest BCUT2D eigenvalue weighted by Crippen LogP contribution is 2.38. The van der Waals surface area contributed by atoms with Gasteiger partial charge in [-0.05, 0) is 66.1 Å². The average Bonchev–Trinajstić information content (AvgIpc) is 2.82. The van der Waals surface area contributed by atoms with E-state index in [1.807, 2.05) is 0 Å². The van der Waals surface area contributed by atoms with Crippen LogP contribution in [0.4, 0.5) is 4.39 Å². The van der Waals surface area contributed by atoms with Crippen LogP contribution < -0.4 is 4.74 Å². The van der Waals surface area contributed by atoms with E-state index in [1.165, 1.54) is 19.2 Å². The molecule has 0 bridgehead atoms. The Balaban J connectivity index is 1.55. The zero-order chi connectivity index (χ0) is 22.7. The summed E-state index contributed by atoms with van der Waals surface area (Å²) in [6.07, 6.45) is -0.121. The lowest BCUT2D eigenvalue weighted by atomic mass is 9.89. The highest BCUT2D eigenvalue weighted by Gasteiger charge is 2.49. The summed E-state index contributed by atoms with van der Waals surface area (Å²) in [6, 6.07) is 19.7. The van der Waals surface area contributed by atoms with E-state index in [9.17, 15) is 14.0 Å². The highest BCUT2D eigenvalue weighted by molar-refractivity contribution is 6.30. The number of likely N-dealkylation sites (tertiary alicyclic amines) is 1. The van der Waals surface area contributed by atoms with Crippen molar-refractivity contribution in [1.29, 1.82) is 0 Å². The molecule has 1 aliphatic heterocycles. The van der Waals surface area contributed by atoms with E-state index in [2.05, 4.69) is 0 Å². The summed E-state index contributed by atoms with van der Waals surface area (Å²) in [5.74, 6) is -0.316. The summed E-state index contributed by atoms with van der Waals surface area (Å²) < 4.78 is 23.9. The number of amides is 1. The number of benzene rings is 3. The number of hydrogen-bond acceptors (Lipinski definition) is 4. The molecule has 2 atom stereocenters. The van der Waals surface area contributed by atoms with Crippen LogP contribution in [0.3, 0.4) is 0 Å². The van der Waals surface area contributed by atoms with E-state index in [4.69, 9.17) is 21.1 Å². The first-order valence-corrected chi connectivity index (χ1v) is 10.5. The molecule has 3 aromatic carbocycles. The summed E-state index contributed by atoms with van der Waals surface area (Å²) in [5.41, 5.74) is 2.20. The van der Waals surface area contributed by atoms with Crippen molar-refractivity contribution in [2.45, 2.75) is 18.6 Å².